The van der Waals surface area contributed by atoms with Gasteiger partial charge in [0.1, 0.15) is 0 Å². The van der Waals surface area contributed by atoms with Crippen LogP contribution in [-0.2, 0) is 5.41 Å². The average molecular weight is 670 g/mol. The Morgan fingerprint density at radius 1 is 0.431 bits per heavy atom. The molecule has 9 aromatic rings. The third kappa shape index (κ3) is 4.75. The average Bonchev–Trinajstić information content (AvgIpc) is 3.67. The predicted octanol–water partition coefficient (Wildman–Crippen LogP) is 14.3. The summed E-state index contributed by atoms with van der Waals surface area (Å²) in [5.74, 6) is 0. The van der Waals surface area contributed by atoms with E-state index in [2.05, 4.69) is 195 Å². The molecule has 0 N–H and O–H groups in total. The predicted molar refractivity (Wildman–Crippen MR) is 220 cm³/mol. The van der Waals surface area contributed by atoms with Gasteiger partial charge in [-0.3, -0.25) is 0 Å². The smallest absolute Gasteiger partial charge is 0.0465 e. The first-order chi connectivity index (χ1) is 25.0. The maximum Gasteiger partial charge on any atom is 0.0465 e. The molecule has 1 heterocycles. The van der Waals surface area contributed by atoms with Crippen LogP contribution >= 0.6 is 11.3 Å². The van der Waals surface area contributed by atoms with Crippen LogP contribution in [0.4, 0.5) is 17.1 Å². The Kier molecular flexibility index (Phi) is 6.78. The molecule has 0 atom stereocenters. The fourth-order valence-electron chi connectivity index (χ4n) is 8.28. The highest BCUT2D eigenvalue weighted by Crippen LogP contribution is 2.55. The molecule has 0 fully saturated rings. The Morgan fingerprint density at radius 3 is 1.84 bits per heavy atom. The molecule has 0 unspecified atom stereocenters. The van der Waals surface area contributed by atoms with E-state index in [-0.39, 0.29) is 5.41 Å². The molecule has 10 rings (SSSR count). The number of fused-ring (bicyclic) bond motifs is 8. The van der Waals surface area contributed by atoms with Gasteiger partial charge >= 0.3 is 0 Å². The van der Waals surface area contributed by atoms with E-state index in [4.69, 9.17) is 0 Å². The zero-order valence-corrected chi connectivity index (χ0v) is 29.4. The lowest BCUT2D eigenvalue weighted by Crippen LogP contribution is -2.16. The Morgan fingerprint density at radius 2 is 1.06 bits per heavy atom. The molecule has 0 saturated heterocycles. The van der Waals surface area contributed by atoms with Gasteiger partial charge in [0.15, 0.2) is 0 Å². The fourth-order valence-corrected chi connectivity index (χ4v) is 9.54. The van der Waals surface area contributed by atoms with Crippen molar-refractivity contribution >= 4 is 59.3 Å². The molecule has 0 aliphatic heterocycles. The topological polar surface area (TPSA) is 3.24 Å². The van der Waals surface area contributed by atoms with Gasteiger partial charge in [0, 0.05) is 48.2 Å². The summed E-state index contributed by atoms with van der Waals surface area (Å²) in [5.41, 5.74) is 13.7. The molecule has 1 nitrogen and oxygen atoms in total. The summed E-state index contributed by atoms with van der Waals surface area (Å²) in [6, 6.07) is 64.6. The van der Waals surface area contributed by atoms with Crippen LogP contribution in [0.2, 0.25) is 0 Å². The van der Waals surface area contributed by atoms with Crippen molar-refractivity contribution in [2.75, 3.05) is 4.90 Å². The van der Waals surface area contributed by atoms with Crippen molar-refractivity contribution in [3.8, 4) is 33.4 Å². The minimum absolute atomic E-state index is 0.133. The number of anilines is 3. The van der Waals surface area contributed by atoms with Gasteiger partial charge < -0.3 is 4.90 Å². The zero-order chi connectivity index (χ0) is 34.1. The van der Waals surface area contributed by atoms with Crippen LogP contribution in [0.25, 0.3) is 64.3 Å². The summed E-state index contributed by atoms with van der Waals surface area (Å²) in [6.07, 6.45) is 0. The number of nitrogens with zero attached hydrogens (tertiary/aromatic N) is 1. The maximum atomic E-state index is 2.44. The minimum atomic E-state index is -0.133. The second kappa shape index (κ2) is 11.6. The summed E-state index contributed by atoms with van der Waals surface area (Å²) >= 11 is 1.92. The molecule has 1 aliphatic rings. The zero-order valence-electron chi connectivity index (χ0n) is 28.6. The second-order valence-electron chi connectivity index (χ2n) is 14.1. The molecule has 0 bridgehead atoms. The molecular formula is C49H35NS. The molecule has 51 heavy (non-hydrogen) atoms. The van der Waals surface area contributed by atoms with E-state index in [1.54, 1.807) is 0 Å². The molecule has 1 aliphatic carbocycles. The van der Waals surface area contributed by atoms with Crippen LogP contribution in [-0.4, -0.2) is 0 Å². The van der Waals surface area contributed by atoms with Crippen molar-refractivity contribution in [1.29, 1.82) is 0 Å². The first-order valence-corrected chi connectivity index (χ1v) is 18.5. The van der Waals surface area contributed by atoms with Gasteiger partial charge in [-0.1, -0.05) is 147 Å². The highest BCUT2D eigenvalue weighted by Gasteiger charge is 2.37. The van der Waals surface area contributed by atoms with Gasteiger partial charge in [-0.05, 0) is 92.2 Å². The molecule has 0 saturated carbocycles. The SMILES string of the molecule is CC1(C)c2cc(N(c3ccc(-c4ccccc4)cc3)c3ccc(-c4cccc5ccccc45)cc3)ccc2-c2c1ccc1c2sc2ccccc21. The van der Waals surface area contributed by atoms with Crippen molar-refractivity contribution in [1.82, 2.24) is 0 Å². The third-order valence-corrected chi connectivity index (χ3v) is 12.1. The van der Waals surface area contributed by atoms with E-state index in [1.165, 1.54) is 75.5 Å². The number of thiophene rings is 1. The Balaban J connectivity index is 1.12. The quantitative estimate of drug-likeness (QED) is 0.176. The molecule has 2 heteroatoms. The monoisotopic (exact) mass is 669 g/mol. The largest absolute Gasteiger partial charge is 0.310 e. The number of benzene rings is 8. The van der Waals surface area contributed by atoms with Gasteiger partial charge in [-0.2, -0.15) is 0 Å². The molecule has 8 aromatic carbocycles. The van der Waals surface area contributed by atoms with Gasteiger partial charge in [0.25, 0.3) is 0 Å². The van der Waals surface area contributed by atoms with Crippen molar-refractivity contribution in [2.24, 2.45) is 0 Å². The molecule has 1 aromatic heterocycles. The summed E-state index contributed by atoms with van der Waals surface area (Å²) < 4.78 is 2.74. The lowest BCUT2D eigenvalue weighted by atomic mass is 9.82. The summed E-state index contributed by atoms with van der Waals surface area (Å²) in [7, 11) is 0. The van der Waals surface area contributed by atoms with Crippen molar-refractivity contribution < 1.29 is 0 Å². The van der Waals surface area contributed by atoms with Crippen LogP contribution in [0.1, 0.15) is 25.0 Å². The lowest BCUT2D eigenvalue weighted by molar-refractivity contribution is 0.661. The van der Waals surface area contributed by atoms with Crippen LogP contribution < -0.4 is 4.90 Å². The fraction of sp³-hybridized carbons (Fsp3) is 0.0612. The van der Waals surface area contributed by atoms with Crippen molar-refractivity contribution in [3.63, 3.8) is 0 Å². The van der Waals surface area contributed by atoms with Crippen LogP contribution in [0.5, 0.6) is 0 Å². The van der Waals surface area contributed by atoms with Crippen molar-refractivity contribution in [3.05, 3.63) is 187 Å². The number of hydrogen-bond acceptors (Lipinski definition) is 2. The Labute approximate surface area is 302 Å². The molecular weight excluding hydrogens is 635 g/mol. The van der Waals surface area contributed by atoms with Crippen LogP contribution in [0.15, 0.2) is 176 Å². The van der Waals surface area contributed by atoms with E-state index in [0.717, 1.165) is 17.1 Å². The van der Waals surface area contributed by atoms with E-state index in [0.29, 0.717) is 0 Å². The third-order valence-electron chi connectivity index (χ3n) is 10.9. The summed E-state index contributed by atoms with van der Waals surface area (Å²) in [4.78, 5) is 2.41. The highest BCUT2D eigenvalue weighted by atomic mass is 32.1. The Bertz CT molecular complexity index is 2750. The van der Waals surface area contributed by atoms with E-state index >= 15 is 0 Å². The van der Waals surface area contributed by atoms with Crippen LogP contribution in [0.3, 0.4) is 0 Å². The van der Waals surface area contributed by atoms with Gasteiger partial charge in [0.2, 0.25) is 0 Å². The standard InChI is InChI=1S/C49H35NS/c1-49(2)44-30-29-42-41-16-8-9-18-46(41)51-48(42)47(44)43-28-27-38(31-45(43)49)50(36-23-19-33(20-24-36)32-11-4-3-5-12-32)37-25-21-35(22-26-37)40-17-10-14-34-13-6-7-15-39(34)40/h3-31H,1-2H3. The van der Waals surface area contributed by atoms with Gasteiger partial charge in [0.05, 0.1) is 0 Å². The molecule has 242 valence electrons. The van der Waals surface area contributed by atoms with Crippen molar-refractivity contribution in [2.45, 2.75) is 19.3 Å². The van der Waals surface area contributed by atoms with E-state index < -0.39 is 0 Å². The molecule has 0 spiro atoms. The molecule has 0 amide bonds. The Hall–Kier alpha value is -5.96. The van der Waals surface area contributed by atoms with E-state index in [9.17, 15) is 0 Å². The summed E-state index contributed by atoms with van der Waals surface area (Å²) in [5, 5.41) is 5.23. The number of hydrogen-bond donors (Lipinski definition) is 0. The number of rotatable bonds is 5. The van der Waals surface area contributed by atoms with Crippen LogP contribution in [0, 0.1) is 0 Å². The first kappa shape index (κ1) is 29.9. The summed E-state index contributed by atoms with van der Waals surface area (Å²) in [6.45, 7) is 4.77. The lowest BCUT2D eigenvalue weighted by Gasteiger charge is -2.28. The van der Waals surface area contributed by atoms with Gasteiger partial charge in [-0.25, -0.2) is 0 Å². The normalized spacial score (nSPS) is 13.1. The first-order valence-electron chi connectivity index (χ1n) is 17.7. The molecule has 0 radical (unpaired) electrons. The second-order valence-corrected chi connectivity index (χ2v) is 15.2. The maximum absolute atomic E-state index is 2.44. The van der Waals surface area contributed by atoms with E-state index in [1.807, 2.05) is 11.3 Å². The highest BCUT2D eigenvalue weighted by molar-refractivity contribution is 7.26. The minimum Gasteiger partial charge on any atom is -0.310 e. The van der Waals surface area contributed by atoms with Gasteiger partial charge in [-0.15, -0.1) is 11.3 Å².